The summed E-state index contributed by atoms with van der Waals surface area (Å²) in [4.78, 5) is 11.9. The highest BCUT2D eigenvalue weighted by atomic mass is 16.5. The Morgan fingerprint density at radius 1 is 1.47 bits per heavy atom. The molecule has 2 fully saturated rings. The molecule has 110 valence electrons. The van der Waals surface area contributed by atoms with Crippen LogP contribution in [0, 0.1) is 11.3 Å². The van der Waals surface area contributed by atoms with Crippen molar-refractivity contribution in [2.45, 2.75) is 65.1 Å². The molecule has 4 nitrogen and oxygen atoms in total. The fraction of sp³-hybridized carbons (Fsp3) is 0.933. The van der Waals surface area contributed by atoms with Gasteiger partial charge in [-0.3, -0.25) is 4.79 Å². The minimum absolute atomic E-state index is 0.109. The summed E-state index contributed by atoms with van der Waals surface area (Å²) in [5.74, 6) is 0.683. The smallest absolute Gasteiger partial charge is 0.236 e. The summed E-state index contributed by atoms with van der Waals surface area (Å²) in [7, 11) is 0. The van der Waals surface area contributed by atoms with Crippen LogP contribution in [0.5, 0.6) is 0 Å². The van der Waals surface area contributed by atoms with Gasteiger partial charge in [-0.25, -0.2) is 0 Å². The molecule has 0 bridgehead atoms. The van der Waals surface area contributed by atoms with E-state index >= 15 is 0 Å². The maximum Gasteiger partial charge on any atom is 0.236 e. The van der Waals surface area contributed by atoms with Crippen molar-refractivity contribution in [2.24, 2.45) is 11.3 Å². The fourth-order valence-electron chi connectivity index (χ4n) is 3.61. The molecule has 2 N–H and O–H groups in total. The predicted octanol–water partition coefficient (Wildman–Crippen LogP) is 1.69. The van der Waals surface area contributed by atoms with E-state index < -0.39 is 0 Å². The second kappa shape index (κ2) is 5.80. The quantitative estimate of drug-likeness (QED) is 0.798. The number of nitrogens with one attached hydrogen (secondary N) is 2. The van der Waals surface area contributed by atoms with Crippen LogP contribution in [0.25, 0.3) is 0 Å². The van der Waals surface area contributed by atoms with Gasteiger partial charge in [-0.1, -0.05) is 20.8 Å². The Hall–Kier alpha value is -0.610. The molecule has 0 aromatic carbocycles. The van der Waals surface area contributed by atoms with Crippen LogP contribution in [0.1, 0.15) is 47.0 Å². The van der Waals surface area contributed by atoms with Gasteiger partial charge in [-0.2, -0.15) is 0 Å². The van der Waals surface area contributed by atoms with Crippen molar-refractivity contribution in [3.8, 4) is 0 Å². The monoisotopic (exact) mass is 268 g/mol. The highest BCUT2D eigenvalue weighted by molar-refractivity contribution is 5.81. The molecule has 1 heterocycles. The Balaban J connectivity index is 1.89. The Morgan fingerprint density at radius 2 is 2.21 bits per heavy atom. The van der Waals surface area contributed by atoms with Crippen LogP contribution >= 0.6 is 0 Å². The van der Waals surface area contributed by atoms with Crippen LogP contribution in [0.15, 0.2) is 0 Å². The third kappa shape index (κ3) is 2.79. The molecule has 2 aliphatic rings. The molecular formula is C15H28N2O2. The average Bonchev–Trinajstić information content (AvgIpc) is 2.41. The van der Waals surface area contributed by atoms with Gasteiger partial charge in [-0.05, 0) is 26.2 Å². The van der Waals surface area contributed by atoms with Crippen LogP contribution in [-0.4, -0.2) is 37.2 Å². The van der Waals surface area contributed by atoms with E-state index in [9.17, 15) is 4.79 Å². The maximum atomic E-state index is 11.9. The molecule has 1 saturated heterocycles. The number of fused-ring (bicyclic) bond motifs is 1. The number of hydrogen-bond acceptors (Lipinski definition) is 3. The van der Waals surface area contributed by atoms with E-state index in [0.717, 1.165) is 26.0 Å². The van der Waals surface area contributed by atoms with Gasteiger partial charge >= 0.3 is 0 Å². The van der Waals surface area contributed by atoms with Gasteiger partial charge < -0.3 is 15.4 Å². The normalized spacial score (nSPS) is 34.0. The van der Waals surface area contributed by atoms with Gasteiger partial charge in [-0.15, -0.1) is 0 Å². The molecule has 1 amide bonds. The zero-order valence-electron chi connectivity index (χ0n) is 12.7. The predicted molar refractivity (Wildman–Crippen MR) is 75.9 cm³/mol. The van der Waals surface area contributed by atoms with Gasteiger partial charge in [0.25, 0.3) is 0 Å². The Bertz CT molecular complexity index is 330. The van der Waals surface area contributed by atoms with E-state index in [1.807, 2.05) is 6.92 Å². The first-order valence-electron chi connectivity index (χ1n) is 7.63. The third-order valence-corrected chi connectivity index (χ3v) is 4.70. The van der Waals surface area contributed by atoms with E-state index in [0.29, 0.717) is 18.1 Å². The van der Waals surface area contributed by atoms with Crippen molar-refractivity contribution < 1.29 is 9.53 Å². The number of carbonyl (C=O) groups excluding carboxylic acids is 1. The topological polar surface area (TPSA) is 50.4 Å². The van der Waals surface area contributed by atoms with Crippen LogP contribution in [-0.2, 0) is 9.53 Å². The molecule has 1 aliphatic heterocycles. The van der Waals surface area contributed by atoms with Gasteiger partial charge in [0, 0.05) is 30.5 Å². The first-order valence-corrected chi connectivity index (χ1v) is 7.63. The summed E-state index contributed by atoms with van der Waals surface area (Å²) in [6.45, 7) is 10.2. The first kappa shape index (κ1) is 14.8. The number of carbonyl (C=O) groups is 1. The maximum absolute atomic E-state index is 11.9. The molecule has 2 rings (SSSR count). The largest absolute Gasteiger partial charge is 0.377 e. The molecule has 0 aromatic heterocycles. The van der Waals surface area contributed by atoms with Crippen molar-refractivity contribution in [3.63, 3.8) is 0 Å². The minimum atomic E-state index is -0.126. The standard InChI is InChI=1S/C15H28N2O2/c1-5-8-16-14(18)10(2)17-12-11-7-6-9-19-13(11)15(12,3)4/h10-13,17H,5-9H2,1-4H3,(H,16,18). The second-order valence-electron chi connectivity index (χ2n) is 6.58. The van der Waals surface area contributed by atoms with Gasteiger partial charge in [0.05, 0.1) is 12.1 Å². The summed E-state index contributed by atoms with van der Waals surface area (Å²) < 4.78 is 5.89. The minimum Gasteiger partial charge on any atom is -0.377 e. The van der Waals surface area contributed by atoms with Crippen LogP contribution in [0.3, 0.4) is 0 Å². The summed E-state index contributed by atoms with van der Waals surface area (Å²) in [6.07, 6.45) is 3.71. The molecule has 19 heavy (non-hydrogen) atoms. The molecule has 4 heteroatoms. The molecule has 4 unspecified atom stereocenters. The first-order chi connectivity index (χ1) is 8.98. The van der Waals surface area contributed by atoms with E-state index in [2.05, 4.69) is 31.4 Å². The Morgan fingerprint density at radius 3 is 2.89 bits per heavy atom. The highest BCUT2D eigenvalue weighted by Crippen LogP contribution is 2.51. The molecule has 1 aliphatic carbocycles. The number of rotatable bonds is 5. The fourth-order valence-corrected chi connectivity index (χ4v) is 3.61. The van der Waals surface area contributed by atoms with E-state index in [-0.39, 0.29) is 17.4 Å². The van der Waals surface area contributed by atoms with Gasteiger partial charge in [0.15, 0.2) is 0 Å². The van der Waals surface area contributed by atoms with Crippen LogP contribution < -0.4 is 10.6 Å². The van der Waals surface area contributed by atoms with Crippen molar-refractivity contribution in [3.05, 3.63) is 0 Å². The van der Waals surface area contributed by atoms with Crippen molar-refractivity contribution in [1.29, 1.82) is 0 Å². The molecule has 1 saturated carbocycles. The summed E-state index contributed by atoms with van der Waals surface area (Å²) in [6, 6.07) is 0.263. The van der Waals surface area contributed by atoms with E-state index in [4.69, 9.17) is 4.74 Å². The average molecular weight is 268 g/mol. The lowest BCUT2D eigenvalue weighted by atomic mass is 9.55. The van der Waals surface area contributed by atoms with Crippen LogP contribution in [0.4, 0.5) is 0 Å². The molecule has 0 aromatic rings. The Labute approximate surface area is 116 Å². The molecule has 0 radical (unpaired) electrons. The van der Waals surface area contributed by atoms with Crippen molar-refractivity contribution in [2.75, 3.05) is 13.2 Å². The Kier molecular flexibility index (Phi) is 4.51. The number of ether oxygens (including phenoxy) is 1. The lowest BCUT2D eigenvalue weighted by molar-refractivity contribution is -0.194. The number of hydrogen-bond donors (Lipinski definition) is 2. The van der Waals surface area contributed by atoms with Gasteiger partial charge in [0.1, 0.15) is 0 Å². The highest BCUT2D eigenvalue weighted by Gasteiger charge is 2.58. The van der Waals surface area contributed by atoms with Crippen LogP contribution in [0.2, 0.25) is 0 Å². The van der Waals surface area contributed by atoms with Crippen molar-refractivity contribution >= 4 is 5.91 Å². The second-order valence-corrected chi connectivity index (χ2v) is 6.58. The van der Waals surface area contributed by atoms with Crippen molar-refractivity contribution in [1.82, 2.24) is 10.6 Å². The summed E-state index contributed by atoms with van der Waals surface area (Å²) >= 11 is 0. The summed E-state index contributed by atoms with van der Waals surface area (Å²) in [5, 5.41) is 6.47. The molecular weight excluding hydrogens is 240 g/mol. The zero-order valence-corrected chi connectivity index (χ0v) is 12.7. The third-order valence-electron chi connectivity index (χ3n) is 4.70. The zero-order chi connectivity index (χ0) is 14.0. The number of amides is 1. The lowest BCUT2D eigenvalue weighted by Crippen LogP contribution is -2.71. The molecule has 0 spiro atoms. The summed E-state index contributed by atoms with van der Waals surface area (Å²) in [5.41, 5.74) is 0.129. The van der Waals surface area contributed by atoms with Gasteiger partial charge in [0.2, 0.25) is 5.91 Å². The van der Waals surface area contributed by atoms with E-state index in [1.165, 1.54) is 6.42 Å². The molecule has 4 atom stereocenters. The lowest BCUT2D eigenvalue weighted by Gasteiger charge is -2.60. The SMILES string of the molecule is CCCNC(=O)C(C)NC1C2CCCOC2C1(C)C. The van der Waals surface area contributed by atoms with E-state index in [1.54, 1.807) is 0 Å².